The number of hydrogen-bond donors (Lipinski definition) is 0. The third kappa shape index (κ3) is 3.31. The van der Waals surface area contributed by atoms with Crippen molar-refractivity contribution >= 4 is 5.78 Å². The van der Waals surface area contributed by atoms with Crippen LogP contribution in [-0.4, -0.2) is 12.9 Å². The summed E-state index contributed by atoms with van der Waals surface area (Å²) in [5, 5.41) is 0. The Hall–Kier alpha value is -1.45. The van der Waals surface area contributed by atoms with E-state index < -0.39 is 11.6 Å². The minimum absolute atomic E-state index is 0.0120. The Morgan fingerprint density at radius 2 is 2.00 bits per heavy atom. The number of carbonyl (C=O) groups excluding carboxylic acids is 1. The highest BCUT2D eigenvalue weighted by atomic mass is 19.1. The van der Waals surface area contributed by atoms with Crippen molar-refractivity contribution in [1.82, 2.24) is 0 Å². The van der Waals surface area contributed by atoms with E-state index in [9.17, 15) is 13.6 Å². The second-order valence-electron chi connectivity index (χ2n) is 5.08. The standard InChI is InChI=1S/C15H18F2O2/c1-19-15-12(8-11(16)9-13(15)17)14(18)7-6-10-4-2-3-5-10/h8-10H,2-7H2,1H3. The second kappa shape index (κ2) is 6.13. The lowest BCUT2D eigenvalue weighted by Gasteiger charge is -2.11. The second-order valence-corrected chi connectivity index (χ2v) is 5.08. The molecule has 2 rings (SSSR count). The lowest BCUT2D eigenvalue weighted by Crippen LogP contribution is -2.07. The first-order chi connectivity index (χ1) is 9.11. The Balaban J connectivity index is 2.09. The summed E-state index contributed by atoms with van der Waals surface area (Å²) in [6, 6.07) is 1.78. The molecule has 0 saturated heterocycles. The van der Waals surface area contributed by atoms with Crippen molar-refractivity contribution in [3.63, 3.8) is 0 Å². The highest BCUT2D eigenvalue weighted by Gasteiger charge is 2.21. The smallest absolute Gasteiger partial charge is 0.168 e. The van der Waals surface area contributed by atoms with Crippen LogP contribution in [-0.2, 0) is 0 Å². The van der Waals surface area contributed by atoms with Gasteiger partial charge in [-0.25, -0.2) is 8.78 Å². The number of Topliss-reactive ketones (excluding diaryl/α,β-unsaturated/α-hetero) is 1. The number of benzene rings is 1. The van der Waals surface area contributed by atoms with Crippen LogP contribution in [0.3, 0.4) is 0 Å². The van der Waals surface area contributed by atoms with E-state index >= 15 is 0 Å². The topological polar surface area (TPSA) is 26.3 Å². The number of hydrogen-bond acceptors (Lipinski definition) is 2. The molecule has 0 aromatic heterocycles. The summed E-state index contributed by atoms with van der Waals surface area (Å²) in [6.07, 6.45) is 5.86. The summed E-state index contributed by atoms with van der Waals surface area (Å²) in [5.74, 6) is -1.40. The number of methoxy groups -OCH3 is 1. The molecule has 0 unspecified atom stereocenters. The number of ketones is 1. The maximum Gasteiger partial charge on any atom is 0.168 e. The Morgan fingerprint density at radius 3 is 2.63 bits per heavy atom. The van der Waals surface area contributed by atoms with Gasteiger partial charge in [0.25, 0.3) is 0 Å². The molecule has 0 atom stereocenters. The van der Waals surface area contributed by atoms with Crippen LogP contribution in [0.1, 0.15) is 48.9 Å². The van der Waals surface area contributed by atoms with Crippen molar-refractivity contribution in [2.75, 3.05) is 7.11 Å². The zero-order valence-corrected chi connectivity index (χ0v) is 11.0. The molecule has 0 heterocycles. The summed E-state index contributed by atoms with van der Waals surface area (Å²) in [5.41, 5.74) is 0.0120. The molecule has 1 aromatic rings. The van der Waals surface area contributed by atoms with Gasteiger partial charge in [-0.2, -0.15) is 0 Å². The molecule has 0 bridgehead atoms. The molecule has 2 nitrogen and oxygen atoms in total. The van der Waals surface area contributed by atoms with Gasteiger partial charge >= 0.3 is 0 Å². The van der Waals surface area contributed by atoms with E-state index in [4.69, 9.17) is 4.74 Å². The lowest BCUT2D eigenvalue weighted by atomic mass is 9.97. The quantitative estimate of drug-likeness (QED) is 0.751. The van der Waals surface area contributed by atoms with Crippen molar-refractivity contribution in [3.05, 3.63) is 29.3 Å². The van der Waals surface area contributed by atoms with Gasteiger partial charge < -0.3 is 4.74 Å². The Labute approximate surface area is 111 Å². The number of rotatable bonds is 5. The molecule has 1 aliphatic rings. The van der Waals surface area contributed by atoms with Crippen molar-refractivity contribution in [1.29, 1.82) is 0 Å². The van der Waals surface area contributed by atoms with Crippen LogP contribution in [0.15, 0.2) is 12.1 Å². The van der Waals surface area contributed by atoms with E-state index in [2.05, 4.69) is 0 Å². The van der Waals surface area contributed by atoms with Crippen LogP contribution in [0.5, 0.6) is 5.75 Å². The molecule has 1 aromatic carbocycles. The zero-order chi connectivity index (χ0) is 13.8. The van der Waals surface area contributed by atoms with Crippen LogP contribution in [0.4, 0.5) is 8.78 Å². The predicted octanol–water partition coefficient (Wildman–Crippen LogP) is 4.13. The van der Waals surface area contributed by atoms with E-state index in [1.807, 2.05) is 0 Å². The summed E-state index contributed by atoms with van der Waals surface area (Å²) in [4.78, 5) is 12.1. The SMILES string of the molecule is COc1c(F)cc(F)cc1C(=O)CCC1CCCC1. The predicted molar refractivity (Wildman–Crippen MR) is 68.4 cm³/mol. The van der Waals surface area contributed by atoms with Gasteiger partial charge in [0.15, 0.2) is 17.3 Å². The number of ether oxygens (including phenoxy) is 1. The molecule has 1 fully saturated rings. The minimum atomic E-state index is -0.827. The van der Waals surface area contributed by atoms with Gasteiger partial charge in [-0.15, -0.1) is 0 Å². The summed E-state index contributed by atoms with van der Waals surface area (Å²) in [7, 11) is 1.28. The summed E-state index contributed by atoms with van der Waals surface area (Å²) in [6.45, 7) is 0. The Morgan fingerprint density at radius 1 is 1.32 bits per heavy atom. The zero-order valence-electron chi connectivity index (χ0n) is 11.0. The van der Waals surface area contributed by atoms with Crippen molar-refractivity contribution in [2.24, 2.45) is 5.92 Å². The Bertz CT molecular complexity index is 465. The average molecular weight is 268 g/mol. The number of halogens is 2. The highest BCUT2D eigenvalue weighted by Crippen LogP contribution is 2.31. The van der Waals surface area contributed by atoms with E-state index in [0.29, 0.717) is 12.3 Å². The summed E-state index contributed by atoms with van der Waals surface area (Å²) >= 11 is 0. The average Bonchev–Trinajstić information content (AvgIpc) is 2.88. The Kier molecular flexibility index (Phi) is 4.51. The molecule has 1 aliphatic carbocycles. The fourth-order valence-corrected chi connectivity index (χ4v) is 2.74. The van der Waals surface area contributed by atoms with Crippen molar-refractivity contribution in [2.45, 2.75) is 38.5 Å². The van der Waals surface area contributed by atoms with Crippen molar-refractivity contribution < 1.29 is 18.3 Å². The van der Waals surface area contributed by atoms with Gasteiger partial charge in [0.05, 0.1) is 12.7 Å². The first-order valence-corrected chi connectivity index (χ1v) is 6.68. The highest BCUT2D eigenvalue weighted by molar-refractivity contribution is 5.98. The lowest BCUT2D eigenvalue weighted by molar-refractivity contribution is 0.0969. The van der Waals surface area contributed by atoms with Gasteiger partial charge in [-0.1, -0.05) is 25.7 Å². The van der Waals surface area contributed by atoms with Gasteiger partial charge in [0, 0.05) is 12.5 Å². The minimum Gasteiger partial charge on any atom is -0.493 e. The van der Waals surface area contributed by atoms with Crippen LogP contribution in [0.2, 0.25) is 0 Å². The maximum atomic E-state index is 13.5. The molecule has 4 heteroatoms. The van der Waals surface area contributed by atoms with E-state index in [1.165, 1.54) is 20.0 Å². The molecular formula is C15H18F2O2. The van der Waals surface area contributed by atoms with Gasteiger partial charge in [0.2, 0.25) is 0 Å². The molecule has 19 heavy (non-hydrogen) atoms. The molecular weight excluding hydrogens is 250 g/mol. The van der Waals surface area contributed by atoms with Crippen LogP contribution in [0, 0.1) is 17.6 Å². The molecule has 0 N–H and O–H groups in total. The van der Waals surface area contributed by atoms with Crippen LogP contribution >= 0.6 is 0 Å². The molecule has 0 spiro atoms. The van der Waals surface area contributed by atoms with Crippen LogP contribution in [0.25, 0.3) is 0 Å². The first kappa shape index (κ1) is 14.0. The van der Waals surface area contributed by atoms with Gasteiger partial charge in [-0.3, -0.25) is 4.79 Å². The fourth-order valence-electron chi connectivity index (χ4n) is 2.74. The largest absolute Gasteiger partial charge is 0.493 e. The molecule has 0 radical (unpaired) electrons. The third-order valence-electron chi connectivity index (χ3n) is 3.77. The molecule has 1 saturated carbocycles. The van der Waals surface area contributed by atoms with E-state index in [0.717, 1.165) is 31.4 Å². The van der Waals surface area contributed by atoms with Gasteiger partial charge in [-0.05, 0) is 18.4 Å². The molecule has 0 amide bonds. The fraction of sp³-hybridized carbons (Fsp3) is 0.533. The maximum absolute atomic E-state index is 13.5. The van der Waals surface area contributed by atoms with Crippen molar-refractivity contribution in [3.8, 4) is 5.75 Å². The first-order valence-electron chi connectivity index (χ1n) is 6.68. The molecule has 104 valence electrons. The van der Waals surface area contributed by atoms with Gasteiger partial charge in [0.1, 0.15) is 5.82 Å². The van der Waals surface area contributed by atoms with E-state index in [-0.39, 0.29) is 17.1 Å². The van der Waals surface area contributed by atoms with E-state index in [1.54, 1.807) is 0 Å². The normalized spacial score (nSPS) is 15.7. The van der Waals surface area contributed by atoms with Crippen LogP contribution < -0.4 is 4.74 Å². The number of carbonyl (C=O) groups is 1. The third-order valence-corrected chi connectivity index (χ3v) is 3.77. The monoisotopic (exact) mass is 268 g/mol. The molecule has 0 aliphatic heterocycles. The summed E-state index contributed by atoms with van der Waals surface area (Å²) < 4.78 is 31.6.